The van der Waals surface area contributed by atoms with Gasteiger partial charge >= 0.3 is 0 Å². The smallest absolute Gasteiger partial charge is 0.0721 e. The summed E-state index contributed by atoms with van der Waals surface area (Å²) in [5.41, 5.74) is 29.0. The van der Waals surface area contributed by atoms with Gasteiger partial charge < -0.3 is 0 Å². The van der Waals surface area contributed by atoms with Gasteiger partial charge in [-0.25, -0.2) is 0 Å². The second-order valence-electron chi connectivity index (χ2n) is 23.2. The third kappa shape index (κ3) is 5.64. The molecule has 1 nitrogen and oxygen atoms in total. The van der Waals surface area contributed by atoms with Crippen molar-refractivity contribution in [2.45, 2.75) is 35.5 Å². The molecular weight excluding hydrogens is 963 g/mol. The maximum Gasteiger partial charge on any atom is 0.0721 e. The summed E-state index contributed by atoms with van der Waals surface area (Å²) in [5, 5.41) is 7.80. The Morgan fingerprint density at radius 3 is 1.70 bits per heavy atom. The van der Waals surface area contributed by atoms with Crippen molar-refractivity contribution < 1.29 is 0 Å². The fourth-order valence-corrected chi connectivity index (χ4v) is 16.5. The van der Waals surface area contributed by atoms with E-state index < -0.39 is 10.8 Å². The van der Waals surface area contributed by atoms with E-state index >= 15 is 0 Å². The lowest BCUT2D eigenvalue weighted by atomic mass is 9.51. The Morgan fingerprint density at radius 2 is 0.938 bits per heavy atom. The molecule has 0 aliphatic heterocycles. The molecule has 0 fully saturated rings. The molecule has 6 aliphatic rings. The fraction of sp³-hybridized carbons (Fsp3) is 0.0759. The van der Waals surface area contributed by atoms with E-state index in [0.717, 1.165) is 18.4 Å². The largest absolute Gasteiger partial charge is 0.264 e. The van der Waals surface area contributed by atoms with Gasteiger partial charge in [-0.3, -0.25) is 4.98 Å². The maximum absolute atomic E-state index is 4.85. The van der Waals surface area contributed by atoms with Crippen LogP contribution in [0.1, 0.15) is 89.7 Å². The Morgan fingerprint density at radius 1 is 0.388 bits per heavy atom. The van der Waals surface area contributed by atoms with Crippen LogP contribution in [0, 0.1) is 0 Å². The first-order valence-electron chi connectivity index (χ1n) is 28.5. The molecule has 12 aromatic rings. The van der Waals surface area contributed by atoms with Gasteiger partial charge in [-0.05, 0) is 192 Å². The van der Waals surface area contributed by atoms with Crippen LogP contribution >= 0.6 is 0 Å². The van der Waals surface area contributed by atoms with E-state index in [0.29, 0.717) is 0 Å². The van der Waals surface area contributed by atoms with E-state index in [-0.39, 0.29) is 11.8 Å². The molecule has 3 unspecified atom stereocenters. The molecule has 6 aliphatic carbocycles. The van der Waals surface area contributed by atoms with Gasteiger partial charge in [0.1, 0.15) is 0 Å². The van der Waals surface area contributed by atoms with Crippen molar-refractivity contribution in [1.29, 1.82) is 0 Å². The van der Waals surface area contributed by atoms with Gasteiger partial charge in [0.05, 0.1) is 10.8 Å². The number of benzene rings is 11. The van der Waals surface area contributed by atoms with Crippen molar-refractivity contribution in [3.05, 3.63) is 357 Å². The standard InChI is InChI=1S/C79H51N/c1-47-30-36-60-58-24-10-12-26-70(58)78(72(60)37-31-47)74-28-14-15-29-75(74)79(71-27-13-11-25-59(71)69-46-80-39-38-73(69)79)77-45-68-66-43-64-57-23-9-6-20-54(57)53-19-5-8-22-56(53)63(64)42-65(66)62(67(68)44-76(77)78)40-48-32-34-49(35-33-48)61-41-50-16-2-3-17-51(50)52-18-4-7-21-55(52)61/h2-39,42-46,61-62H,1,40-41H2/t61-,62?,78?,79?/m1/s1. The average molecular weight is 1010 g/mol. The Hall–Kier alpha value is -9.69. The highest BCUT2D eigenvalue weighted by Gasteiger charge is 2.60. The van der Waals surface area contributed by atoms with Crippen LogP contribution in [0.15, 0.2) is 279 Å². The topological polar surface area (TPSA) is 12.9 Å². The highest BCUT2D eigenvalue weighted by molar-refractivity contribution is 6.26. The summed E-state index contributed by atoms with van der Waals surface area (Å²) in [6.07, 6.45) is 15.2. The summed E-state index contributed by atoms with van der Waals surface area (Å²) in [5.74, 6) is 0.357. The molecule has 0 N–H and O–H groups in total. The molecule has 0 bridgehead atoms. The lowest BCUT2D eigenvalue weighted by Gasteiger charge is -2.49. The van der Waals surface area contributed by atoms with E-state index in [1.54, 1.807) is 0 Å². The van der Waals surface area contributed by atoms with Gasteiger partial charge in [-0.1, -0.05) is 231 Å². The normalized spacial score (nSPS) is 20.0. The summed E-state index contributed by atoms with van der Waals surface area (Å²) >= 11 is 0. The molecule has 4 atom stereocenters. The number of fused-ring (bicyclic) bond motifs is 27. The summed E-state index contributed by atoms with van der Waals surface area (Å²) in [7, 11) is 0. The van der Waals surface area contributed by atoms with Gasteiger partial charge in [0.15, 0.2) is 0 Å². The Bertz CT molecular complexity index is 4820. The molecule has 372 valence electrons. The summed E-state index contributed by atoms with van der Waals surface area (Å²) in [4.78, 5) is 4.85. The van der Waals surface area contributed by atoms with Gasteiger partial charge in [0.25, 0.3) is 0 Å². The van der Waals surface area contributed by atoms with Gasteiger partial charge in [0.2, 0.25) is 0 Å². The molecule has 0 amide bonds. The van der Waals surface area contributed by atoms with E-state index in [2.05, 4.69) is 262 Å². The van der Waals surface area contributed by atoms with Gasteiger partial charge in [-0.15, -0.1) is 0 Å². The second kappa shape index (κ2) is 16.2. The van der Waals surface area contributed by atoms with Crippen LogP contribution in [-0.2, 0) is 23.7 Å². The molecule has 0 saturated carbocycles. The Labute approximate surface area is 465 Å². The number of allylic oxidation sites excluding steroid dienone is 7. The van der Waals surface area contributed by atoms with Crippen molar-refractivity contribution in [1.82, 2.24) is 4.98 Å². The number of nitrogens with zero attached hydrogens (tertiary/aromatic N) is 1. The molecule has 18 rings (SSSR count). The molecule has 80 heavy (non-hydrogen) atoms. The molecular formula is C79H51N. The first-order valence-corrected chi connectivity index (χ1v) is 28.5. The number of pyridine rings is 1. The van der Waals surface area contributed by atoms with Crippen LogP contribution in [0.3, 0.4) is 0 Å². The Balaban J connectivity index is 0.931. The van der Waals surface area contributed by atoms with E-state index in [1.807, 2.05) is 6.20 Å². The van der Waals surface area contributed by atoms with Crippen LogP contribution in [0.25, 0.3) is 71.3 Å². The zero-order chi connectivity index (χ0) is 52.4. The van der Waals surface area contributed by atoms with E-state index in [9.17, 15) is 0 Å². The molecule has 1 aromatic heterocycles. The van der Waals surface area contributed by atoms with Crippen LogP contribution in [0.4, 0.5) is 0 Å². The maximum atomic E-state index is 4.85. The predicted molar refractivity (Wildman–Crippen MR) is 330 cm³/mol. The molecule has 1 heteroatoms. The molecule has 2 spiro atoms. The lowest BCUT2D eigenvalue weighted by Crippen LogP contribution is -2.44. The van der Waals surface area contributed by atoms with Crippen LogP contribution in [0.5, 0.6) is 0 Å². The number of aromatic nitrogens is 1. The summed E-state index contributed by atoms with van der Waals surface area (Å²) in [6.45, 7) is 4.51. The highest BCUT2D eigenvalue weighted by atomic mass is 14.7. The monoisotopic (exact) mass is 1010 g/mol. The Kier molecular flexibility index (Phi) is 8.97. The van der Waals surface area contributed by atoms with Crippen LogP contribution < -0.4 is 0 Å². The van der Waals surface area contributed by atoms with E-state index in [1.165, 1.54) is 155 Å². The summed E-state index contributed by atoms with van der Waals surface area (Å²) < 4.78 is 0. The first kappa shape index (κ1) is 44.3. The van der Waals surface area contributed by atoms with Gasteiger partial charge in [0, 0.05) is 29.8 Å². The number of hydrogen-bond donors (Lipinski definition) is 0. The number of hydrogen-bond acceptors (Lipinski definition) is 1. The van der Waals surface area contributed by atoms with E-state index in [4.69, 9.17) is 4.98 Å². The van der Waals surface area contributed by atoms with Crippen molar-refractivity contribution in [2.24, 2.45) is 0 Å². The second-order valence-corrected chi connectivity index (χ2v) is 23.2. The third-order valence-electron chi connectivity index (χ3n) is 19.7. The van der Waals surface area contributed by atoms with Crippen LogP contribution in [0.2, 0.25) is 0 Å². The minimum atomic E-state index is -0.651. The zero-order valence-electron chi connectivity index (χ0n) is 44.0. The number of rotatable bonds is 3. The van der Waals surface area contributed by atoms with Crippen molar-refractivity contribution in [2.75, 3.05) is 0 Å². The predicted octanol–water partition coefficient (Wildman–Crippen LogP) is 18.7. The van der Waals surface area contributed by atoms with Crippen molar-refractivity contribution in [3.63, 3.8) is 0 Å². The quantitative estimate of drug-likeness (QED) is 0.161. The minimum absolute atomic E-state index is 0.0695. The lowest BCUT2D eigenvalue weighted by molar-refractivity contribution is 0.628. The molecule has 0 saturated heterocycles. The molecule has 1 heterocycles. The minimum Gasteiger partial charge on any atom is -0.264 e. The SMILES string of the molecule is C=C1C=CC2=C(C=C1)C1(c3ccccc32)c2ccccc2C2(c3ccccc3-c3cnccc32)c2cc3c(cc21)C(Cc1ccc([C@H]2Cc4ccccc4-c4ccccc42)cc1)c1cc2c4ccccc4c4ccccc4c2cc1-3. The average Bonchev–Trinajstić information content (AvgIpc) is 3.96. The fourth-order valence-electron chi connectivity index (χ4n) is 16.5. The third-order valence-corrected chi connectivity index (χ3v) is 19.7. The van der Waals surface area contributed by atoms with Crippen molar-refractivity contribution in [3.8, 4) is 33.4 Å². The zero-order valence-corrected chi connectivity index (χ0v) is 44.0. The van der Waals surface area contributed by atoms with Gasteiger partial charge in [-0.2, -0.15) is 0 Å². The van der Waals surface area contributed by atoms with Crippen molar-refractivity contribution >= 4 is 37.9 Å². The first-order chi connectivity index (χ1) is 39.6. The molecule has 11 aromatic carbocycles. The highest BCUT2D eigenvalue weighted by Crippen LogP contribution is 2.69. The summed E-state index contributed by atoms with van der Waals surface area (Å²) in [6, 6.07) is 86.8. The van der Waals surface area contributed by atoms with Crippen LogP contribution in [-0.4, -0.2) is 4.98 Å². The molecule has 0 radical (unpaired) electrons.